The summed E-state index contributed by atoms with van der Waals surface area (Å²) in [7, 11) is 0. The topological polar surface area (TPSA) is 0 Å². The SMILES string of the molecule is CS[C-]=C(c1ccccc1)c1cccc(F)c1.[Cu+]. The van der Waals surface area contributed by atoms with Crippen molar-refractivity contribution < 1.29 is 21.5 Å². The van der Waals surface area contributed by atoms with Crippen LogP contribution >= 0.6 is 11.8 Å². The molecule has 0 bridgehead atoms. The molecule has 2 aromatic carbocycles. The van der Waals surface area contributed by atoms with Crippen LogP contribution in [-0.2, 0) is 17.1 Å². The Morgan fingerprint density at radius 3 is 2.28 bits per heavy atom. The summed E-state index contributed by atoms with van der Waals surface area (Å²) in [5.41, 5.74) is 2.83. The van der Waals surface area contributed by atoms with Crippen LogP contribution in [0.1, 0.15) is 11.1 Å². The van der Waals surface area contributed by atoms with E-state index in [0.29, 0.717) is 0 Å². The van der Waals surface area contributed by atoms with Crippen LogP contribution in [0.4, 0.5) is 4.39 Å². The summed E-state index contributed by atoms with van der Waals surface area (Å²) < 4.78 is 13.2. The molecule has 0 atom stereocenters. The fraction of sp³-hybridized carbons (Fsp3) is 0.0667. The maximum absolute atomic E-state index is 13.2. The first kappa shape index (κ1) is 15.0. The number of hydrogen-bond donors (Lipinski definition) is 0. The molecule has 0 aliphatic heterocycles. The molecule has 0 saturated carbocycles. The maximum Gasteiger partial charge on any atom is 1.00 e. The summed E-state index contributed by atoms with van der Waals surface area (Å²) in [4.78, 5) is 0. The average molecular weight is 307 g/mol. The van der Waals surface area contributed by atoms with Crippen LogP contribution in [0.5, 0.6) is 0 Å². The molecule has 0 nitrogen and oxygen atoms in total. The minimum atomic E-state index is -0.223. The molecule has 2 aromatic rings. The van der Waals surface area contributed by atoms with Gasteiger partial charge in [0.1, 0.15) is 5.82 Å². The van der Waals surface area contributed by atoms with Crippen molar-refractivity contribution >= 4 is 17.3 Å². The summed E-state index contributed by atoms with van der Waals surface area (Å²) in [6.07, 6.45) is 1.95. The summed E-state index contributed by atoms with van der Waals surface area (Å²) in [6, 6.07) is 16.5. The van der Waals surface area contributed by atoms with E-state index in [1.807, 2.05) is 42.7 Å². The Labute approximate surface area is 122 Å². The predicted octanol–water partition coefficient (Wildman–Crippen LogP) is 4.38. The zero-order chi connectivity index (χ0) is 12.1. The molecule has 0 amide bonds. The molecular weight excluding hydrogens is 295 g/mol. The van der Waals surface area contributed by atoms with E-state index in [2.05, 4.69) is 5.41 Å². The van der Waals surface area contributed by atoms with Crippen LogP contribution in [-0.4, -0.2) is 6.26 Å². The Balaban J connectivity index is 0.00000162. The Morgan fingerprint density at radius 2 is 1.67 bits per heavy atom. The van der Waals surface area contributed by atoms with Gasteiger partial charge in [0.15, 0.2) is 0 Å². The van der Waals surface area contributed by atoms with Gasteiger partial charge in [-0.2, -0.15) is 5.57 Å². The summed E-state index contributed by atoms with van der Waals surface area (Å²) >= 11 is 1.50. The van der Waals surface area contributed by atoms with Crippen molar-refractivity contribution in [1.29, 1.82) is 0 Å². The van der Waals surface area contributed by atoms with Crippen molar-refractivity contribution in [2.45, 2.75) is 0 Å². The van der Waals surface area contributed by atoms with Gasteiger partial charge in [0.05, 0.1) is 0 Å². The van der Waals surface area contributed by atoms with Crippen molar-refractivity contribution in [3.05, 3.63) is 76.9 Å². The zero-order valence-corrected chi connectivity index (χ0v) is 11.5. The van der Waals surface area contributed by atoms with Gasteiger partial charge in [-0.3, -0.25) is 0 Å². The fourth-order valence-electron chi connectivity index (χ4n) is 1.64. The van der Waals surface area contributed by atoms with Crippen molar-refractivity contribution in [2.24, 2.45) is 0 Å². The smallest absolute Gasteiger partial charge is 0.210 e. The monoisotopic (exact) mass is 306 g/mol. The predicted molar refractivity (Wildman–Crippen MR) is 72.1 cm³/mol. The molecule has 0 aliphatic rings. The molecule has 0 aliphatic carbocycles. The van der Waals surface area contributed by atoms with Gasteiger partial charge in [0, 0.05) is 0 Å². The van der Waals surface area contributed by atoms with Gasteiger partial charge in [-0.25, -0.2) is 16.2 Å². The molecule has 0 radical (unpaired) electrons. The molecule has 0 aromatic heterocycles. The van der Waals surface area contributed by atoms with Crippen LogP contribution in [0.2, 0.25) is 0 Å². The van der Waals surface area contributed by atoms with E-state index in [1.165, 1.54) is 23.9 Å². The van der Waals surface area contributed by atoms with Crippen LogP contribution < -0.4 is 0 Å². The molecule has 0 fully saturated rings. The molecule has 3 heteroatoms. The molecule has 96 valence electrons. The Kier molecular flexibility index (Phi) is 6.20. The summed E-state index contributed by atoms with van der Waals surface area (Å²) in [5.74, 6) is -0.223. The largest absolute Gasteiger partial charge is 1.00 e. The third-order valence-corrected chi connectivity index (χ3v) is 2.79. The zero-order valence-electron chi connectivity index (χ0n) is 9.78. The molecule has 0 spiro atoms. The molecule has 18 heavy (non-hydrogen) atoms. The standard InChI is InChI=1S/C15H12FS.Cu/c1-17-11-15(12-6-3-2-4-7-12)13-8-5-9-14(16)10-13;/h2-10H,1H3;/q-1;+1. The van der Waals surface area contributed by atoms with Gasteiger partial charge in [-0.15, -0.1) is 34.7 Å². The molecule has 0 unspecified atom stereocenters. The number of halogens is 1. The molecular formula is C15H12CuFS. The number of thioether (sulfide) groups is 1. The van der Waals surface area contributed by atoms with E-state index in [-0.39, 0.29) is 22.9 Å². The Bertz CT molecular complexity index is 523. The normalized spacial score (nSPS) is 10.9. The number of benzene rings is 2. The second-order valence-electron chi connectivity index (χ2n) is 3.56. The third kappa shape index (κ3) is 3.74. The second kappa shape index (κ2) is 7.42. The first-order valence-corrected chi connectivity index (χ1v) is 6.51. The van der Waals surface area contributed by atoms with Crippen LogP contribution in [0, 0.1) is 11.2 Å². The molecule has 0 heterocycles. The first-order chi connectivity index (χ1) is 8.31. The third-order valence-electron chi connectivity index (χ3n) is 2.38. The second-order valence-corrected chi connectivity index (χ2v) is 4.17. The molecule has 2 rings (SSSR count). The van der Waals surface area contributed by atoms with Crippen LogP contribution in [0.25, 0.3) is 5.57 Å². The minimum absolute atomic E-state index is 0. The Morgan fingerprint density at radius 1 is 1.00 bits per heavy atom. The number of rotatable bonds is 3. The van der Waals surface area contributed by atoms with Crippen molar-refractivity contribution in [3.63, 3.8) is 0 Å². The average Bonchev–Trinajstić information content (AvgIpc) is 2.37. The van der Waals surface area contributed by atoms with E-state index in [1.54, 1.807) is 6.07 Å². The van der Waals surface area contributed by atoms with Gasteiger partial charge in [0.25, 0.3) is 0 Å². The van der Waals surface area contributed by atoms with E-state index in [4.69, 9.17) is 0 Å². The first-order valence-electron chi connectivity index (χ1n) is 5.28. The molecule has 0 N–H and O–H groups in total. The van der Waals surface area contributed by atoms with Crippen LogP contribution in [0.15, 0.2) is 54.6 Å². The van der Waals surface area contributed by atoms with Gasteiger partial charge >= 0.3 is 17.1 Å². The van der Waals surface area contributed by atoms with E-state index >= 15 is 0 Å². The van der Waals surface area contributed by atoms with Crippen molar-refractivity contribution in [1.82, 2.24) is 0 Å². The van der Waals surface area contributed by atoms with Gasteiger partial charge in [-0.05, 0) is 12.3 Å². The van der Waals surface area contributed by atoms with Crippen molar-refractivity contribution in [3.8, 4) is 0 Å². The maximum atomic E-state index is 13.2. The van der Waals surface area contributed by atoms with Crippen LogP contribution in [0.3, 0.4) is 0 Å². The Hall–Kier alpha value is -1.02. The molecule has 0 saturated heterocycles. The summed E-state index contributed by atoms with van der Waals surface area (Å²) in [6.45, 7) is 0. The van der Waals surface area contributed by atoms with Crippen molar-refractivity contribution in [2.75, 3.05) is 6.26 Å². The van der Waals surface area contributed by atoms with Gasteiger partial charge in [-0.1, -0.05) is 30.3 Å². The van der Waals surface area contributed by atoms with Gasteiger partial charge < -0.3 is 0 Å². The number of hydrogen-bond acceptors (Lipinski definition) is 1. The fourth-order valence-corrected chi connectivity index (χ4v) is 2.08. The van der Waals surface area contributed by atoms with Gasteiger partial charge in [0.2, 0.25) is 0 Å². The summed E-state index contributed by atoms with van der Waals surface area (Å²) in [5, 5.41) is 3.21. The quantitative estimate of drug-likeness (QED) is 0.599. The minimum Gasteiger partial charge on any atom is -0.210 e. The van der Waals surface area contributed by atoms with E-state index in [9.17, 15) is 4.39 Å². The van der Waals surface area contributed by atoms with E-state index < -0.39 is 0 Å². The van der Waals surface area contributed by atoms with E-state index in [0.717, 1.165) is 16.7 Å².